The molecular formula is C45H57N5O9S. The van der Waals surface area contributed by atoms with E-state index in [1.165, 1.54) is 18.2 Å². The minimum absolute atomic E-state index is 0.0718. The average Bonchev–Trinajstić information content (AvgIpc) is 3.23. The van der Waals surface area contributed by atoms with E-state index in [0.717, 1.165) is 23.7 Å². The Bertz CT molecular complexity index is 2140. The normalized spacial score (nSPS) is 14.0. The Labute approximate surface area is 353 Å². The molecule has 0 spiro atoms. The van der Waals surface area contributed by atoms with E-state index in [4.69, 9.17) is 4.74 Å². The fraction of sp³-hybridized carbons (Fsp3) is 0.378. The van der Waals surface area contributed by atoms with Gasteiger partial charge in [0, 0.05) is 30.6 Å². The minimum atomic E-state index is -4.80. The molecule has 0 radical (unpaired) electrons. The lowest BCUT2D eigenvalue weighted by Crippen LogP contribution is -2.53. The van der Waals surface area contributed by atoms with Crippen LogP contribution in [-0.2, 0) is 37.8 Å². The highest BCUT2D eigenvalue weighted by molar-refractivity contribution is 7.87. The zero-order valence-corrected chi connectivity index (χ0v) is 35.7. The monoisotopic (exact) mass is 843 g/mol. The molecule has 5 atom stereocenters. The first kappa shape index (κ1) is 47.1. The van der Waals surface area contributed by atoms with Gasteiger partial charge in [-0.25, -0.2) is 0 Å². The van der Waals surface area contributed by atoms with Gasteiger partial charge < -0.3 is 31.1 Å². The first-order chi connectivity index (χ1) is 28.4. The van der Waals surface area contributed by atoms with Gasteiger partial charge in [-0.3, -0.25) is 28.0 Å². The highest BCUT2D eigenvalue weighted by Gasteiger charge is 2.34. The van der Waals surface area contributed by atoms with Gasteiger partial charge in [-0.2, -0.15) is 8.42 Å². The third kappa shape index (κ3) is 14.0. The maximum absolute atomic E-state index is 14.1. The standard InChI is InChI=1S/C45H57N5O9S/c1-29(2)38(44(54)49-41(30(3)4)45(55)46-26-32-16-10-7-11-17-32)25-40(51)39(28-59-27-33-18-12-8-13-19-33)48-43(53)36-22-35(23-37(24-36)50(6)60(56,57)58)42(52)47-31(5)34-20-14-9-15-21-34/h7-24,29-31,38-41,51H,25-28H2,1-6H3,(H,46,55)(H,47,52)(H,48,53)(H,49,54)(H,56,57,58)/t31-,38-,39-,40-,41-/m0/s1. The van der Waals surface area contributed by atoms with Crippen molar-refractivity contribution in [3.63, 3.8) is 0 Å². The summed E-state index contributed by atoms with van der Waals surface area (Å²) in [4.78, 5) is 54.8. The van der Waals surface area contributed by atoms with Crippen molar-refractivity contribution in [1.82, 2.24) is 21.3 Å². The number of benzene rings is 4. The SMILES string of the molecule is CC(C)[C@H](C[C@H](O)[C@H](COCc1ccccc1)NC(=O)c1cc(C(=O)N[C@@H](C)c2ccccc2)cc(N(C)S(=O)(=O)O)c1)C(=O)N[C@H](C(=O)NCc1ccccc1)C(C)C. The Balaban J connectivity index is 1.59. The largest absolute Gasteiger partial charge is 0.391 e. The number of hydrogen-bond donors (Lipinski definition) is 6. The number of nitrogens with one attached hydrogen (secondary N) is 4. The molecule has 4 aromatic carbocycles. The zero-order valence-electron chi connectivity index (χ0n) is 34.9. The van der Waals surface area contributed by atoms with Gasteiger partial charge in [-0.05, 0) is 60.1 Å². The number of nitrogens with zero attached hydrogens (tertiary/aromatic N) is 1. The van der Waals surface area contributed by atoms with E-state index in [-0.39, 0.29) is 60.7 Å². The average molecular weight is 844 g/mol. The fourth-order valence-corrected chi connectivity index (χ4v) is 6.84. The van der Waals surface area contributed by atoms with E-state index in [0.29, 0.717) is 4.31 Å². The van der Waals surface area contributed by atoms with Gasteiger partial charge in [0.05, 0.1) is 37.1 Å². The topological polar surface area (TPSA) is 203 Å². The lowest BCUT2D eigenvalue weighted by Gasteiger charge is -2.30. The first-order valence-corrected chi connectivity index (χ1v) is 21.3. The molecule has 0 aliphatic heterocycles. The van der Waals surface area contributed by atoms with Crippen molar-refractivity contribution in [3.05, 3.63) is 137 Å². The van der Waals surface area contributed by atoms with E-state index in [1.54, 1.807) is 6.92 Å². The van der Waals surface area contributed by atoms with Crippen LogP contribution in [0.2, 0.25) is 0 Å². The van der Waals surface area contributed by atoms with Crippen LogP contribution < -0.4 is 25.6 Å². The van der Waals surface area contributed by atoms with Crippen LogP contribution in [0.15, 0.2) is 109 Å². The second-order valence-electron chi connectivity index (χ2n) is 15.5. The van der Waals surface area contributed by atoms with Gasteiger partial charge in [0.2, 0.25) is 11.8 Å². The molecule has 6 N–H and O–H groups in total. The molecule has 0 aliphatic carbocycles. The Morgan fingerprint density at radius 3 is 1.77 bits per heavy atom. The van der Waals surface area contributed by atoms with E-state index in [1.807, 2.05) is 119 Å². The molecule has 0 aromatic heterocycles. The summed E-state index contributed by atoms with van der Waals surface area (Å²) >= 11 is 0. The molecule has 14 nitrogen and oxygen atoms in total. The van der Waals surface area contributed by atoms with E-state index in [2.05, 4.69) is 21.3 Å². The van der Waals surface area contributed by atoms with Crippen LogP contribution in [-0.4, -0.2) is 73.5 Å². The molecule has 4 amide bonds. The molecule has 15 heteroatoms. The Hall–Kier alpha value is -5.61. The molecule has 0 unspecified atom stereocenters. The molecule has 4 aromatic rings. The highest BCUT2D eigenvalue weighted by Crippen LogP contribution is 2.24. The second-order valence-corrected chi connectivity index (χ2v) is 16.9. The van der Waals surface area contributed by atoms with Crippen molar-refractivity contribution in [1.29, 1.82) is 0 Å². The van der Waals surface area contributed by atoms with Crippen LogP contribution in [0.1, 0.15) is 84.5 Å². The highest BCUT2D eigenvalue weighted by atomic mass is 32.2. The van der Waals surface area contributed by atoms with Gasteiger partial charge in [0.1, 0.15) is 6.04 Å². The van der Waals surface area contributed by atoms with Gasteiger partial charge in [-0.15, -0.1) is 0 Å². The molecule has 0 heterocycles. The number of hydrogen-bond acceptors (Lipinski definition) is 8. The van der Waals surface area contributed by atoms with Crippen LogP contribution in [0.25, 0.3) is 0 Å². The lowest BCUT2D eigenvalue weighted by molar-refractivity contribution is -0.134. The summed E-state index contributed by atoms with van der Waals surface area (Å²) in [6.45, 7) is 9.27. The molecule has 0 bridgehead atoms. The molecule has 0 fully saturated rings. The lowest BCUT2D eigenvalue weighted by atomic mass is 9.86. The number of anilines is 1. The van der Waals surface area contributed by atoms with Crippen molar-refractivity contribution in [2.75, 3.05) is 18.0 Å². The summed E-state index contributed by atoms with van der Waals surface area (Å²) < 4.78 is 40.7. The Morgan fingerprint density at radius 2 is 1.23 bits per heavy atom. The number of ether oxygens (including phenoxy) is 1. The zero-order chi connectivity index (χ0) is 44.0. The molecule has 4 rings (SSSR count). The van der Waals surface area contributed by atoms with Crippen LogP contribution in [0.4, 0.5) is 5.69 Å². The van der Waals surface area contributed by atoms with Gasteiger partial charge >= 0.3 is 10.3 Å². The van der Waals surface area contributed by atoms with Crippen molar-refractivity contribution in [2.45, 2.75) is 78.4 Å². The van der Waals surface area contributed by atoms with Crippen molar-refractivity contribution >= 4 is 39.6 Å². The summed E-state index contributed by atoms with van der Waals surface area (Å²) in [5.41, 5.74) is 2.14. The van der Waals surface area contributed by atoms with Crippen LogP contribution in [0.5, 0.6) is 0 Å². The van der Waals surface area contributed by atoms with Crippen molar-refractivity contribution < 1.29 is 42.0 Å². The molecule has 322 valence electrons. The predicted octanol–water partition coefficient (Wildman–Crippen LogP) is 5.21. The predicted molar refractivity (Wildman–Crippen MR) is 230 cm³/mol. The van der Waals surface area contributed by atoms with Crippen molar-refractivity contribution in [3.8, 4) is 0 Å². The molecule has 0 saturated carbocycles. The maximum atomic E-state index is 14.1. The van der Waals surface area contributed by atoms with Crippen LogP contribution in [0, 0.1) is 17.8 Å². The van der Waals surface area contributed by atoms with Gasteiger partial charge in [-0.1, -0.05) is 119 Å². The molecule has 0 saturated heterocycles. The molecular weight excluding hydrogens is 787 g/mol. The summed E-state index contributed by atoms with van der Waals surface area (Å²) in [6.07, 6.45) is -1.48. The number of carbonyl (C=O) groups is 4. The van der Waals surface area contributed by atoms with Crippen molar-refractivity contribution in [2.24, 2.45) is 17.8 Å². The second kappa shape index (κ2) is 22.1. The number of carbonyl (C=O) groups excluding carboxylic acids is 4. The maximum Gasteiger partial charge on any atom is 0.359 e. The van der Waals surface area contributed by atoms with E-state index in [9.17, 15) is 37.3 Å². The molecule has 0 aliphatic rings. The Morgan fingerprint density at radius 1 is 0.700 bits per heavy atom. The van der Waals surface area contributed by atoms with E-state index < -0.39 is 58.2 Å². The quantitative estimate of drug-likeness (QED) is 0.0609. The van der Waals surface area contributed by atoms with E-state index >= 15 is 0 Å². The number of amides is 4. The summed E-state index contributed by atoms with van der Waals surface area (Å²) in [7, 11) is -3.73. The van der Waals surface area contributed by atoms with Gasteiger partial charge in [0.25, 0.3) is 11.8 Å². The fourth-order valence-electron chi connectivity index (χ4n) is 6.47. The number of aliphatic hydroxyl groups excluding tert-OH is 1. The third-order valence-electron chi connectivity index (χ3n) is 10.2. The molecule has 60 heavy (non-hydrogen) atoms. The van der Waals surface area contributed by atoms with Crippen LogP contribution in [0.3, 0.4) is 0 Å². The Kier molecular flexibility index (Phi) is 17.4. The minimum Gasteiger partial charge on any atom is -0.391 e. The summed E-state index contributed by atoms with van der Waals surface area (Å²) in [5, 5.41) is 23.2. The third-order valence-corrected chi connectivity index (χ3v) is 11.1. The summed E-state index contributed by atoms with van der Waals surface area (Å²) in [6, 6.07) is 29.0. The number of rotatable bonds is 21. The van der Waals surface area contributed by atoms with Gasteiger partial charge in [0.15, 0.2) is 0 Å². The first-order valence-electron chi connectivity index (χ1n) is 19.9. The smallest absolute Gasteiger partial charge is 0.359 e. The number of aliphatic hydroxyl groups is 1. The van der Waals surface area contributed by atoms with Crippen LogP contribution >= 0.6 is 0 Å². The summed E-state index contributed by atoms with van der Waals surface area (Å²) in [5.74, 6) is -3.57.